The summed E-state index contributed by atoms with van der Waals surface area (Å²) in [4.78, 5) is 23.5. The molecule has 132 valence electrons. The molecule has 0 aliphatic carbocycles. The minimum absolute atomic E-state index is 0.0993. The van der Waals surface area contributed by atoms with E-state index in [1.165, 1.54) is 12.1 Å². The summed E-state index contributed by atoms with van der Waals surface area (Å²) in [5.74, 6) is 0. The molecule has 25 heavy (non-hydrogen) atoms. The van der Waals surface area contributed by atoms with Gasteiger partial charge in [0.1, 0.15) is 5.69 Å². The molecule has 1 aromatic carbocycles. The van der Waals surface area contributed by atoms with Crippen LogP contribution in [0, 0.1) is 0 Å². The van der Waals surface area contributed by atoms with Crippen molar-refractivity contribution in [2.24, 2.45) is 7.05 Å². The molecule has 11 heteroatoms. The predicted molar refractivity (Wildman–Crippen MR) is 89.9 cm³/mol. The number of rotatable bonds is 2. The monoisotopic (exact) mass is 409 g/mol. The molecular weight excluding hydrogens is 402 g/mol. The lowest BCUT2D eigenvalue weighted by molar-refractivity contribution is -0.144. The second-order valence-electron chi connectivity index (χ2n) is 5.09. The van der Waals surface area contributed by atoms with Gasteiger partial charge in [-0.15, -0.1) is 0 Å². The molecule has 3 aromatic rings. The van der Waals surface area contributed by atoms with Gasteiger partial charge in [0.25, 0.3) is 5.56 Å². The summed E-state index contributed by atoms with van der Waals surface area (Å²) in [5.41, 5.74) is -3.08. The van der Waals surface area contributed by atoms with Gasteiger partial charge in [-0.2, -0.15) is 17.5 Å². The van der Waals surface area contributed by atoms with Gasteiger partial charge in [0.2, 0.25) is 0 Å². The molecule has 0 N–H and O–H groups in total. The minimum atomic E-state index is -4.81. The summed E-state index contributed by atoms with van der Waals surface area (Å²) >= 11 is 12.8. The maximum Gasteiger partial charge on any atom is 0.431 e. The number of nitrogens with zero attached hydrogens (tertiary/aromatic N) is 3. The summed E-state index contributed by atoms with van der Waals surface area (Å²) in [6.45, 7) is 0. The van der Waals surface area contributed by atoms with Crippen molar-refractivity contribution in [2.45, 2.75) is 11.0 Å². The van der Waals surface area contributed by atoms with Gasteiger partial charge in [-0.05, 0) is 29.7 Å². The third-order valence-electron chi connectivity index (χ3n) is 3.56. The largest absolute Gasteiger partial charge is 0.431 e. The molecular formula is C14H8Cl2F3N3O2S. The van der Waals surface area contributed by atoms with Crippen LogP contribution in [-0.2, 0) is 13.2 Å². The summed E-state index contributed by atoms with van der Waals surface area (Å²) < 4.78 is 44.6. The number of aromatic nitrogens is 3. The molecule has 0 saturated carbocycles. The number of hydrogen-bond acceptors (Lipinski definition) is 4. The fraction of sp³-hybridized carbons (Fsp3) is 0.214. The van der Waals surface area contributed by atoms with Crippen molar-refractivity contribution in [3.63, 3.8) is 0 Å². The smallest absolute Gasteiger partial charge is 0.292 e. The van der Waals surface area contributed by atoms with E-state index < -0.39 is 28.0 Å². The fourth-order valence-corrected chi connectivity index (χ4v) is 3.62. The maximum absolute atomic E-state index is 12.9. The van der Waals surface area contributed by atoms with E-state index >= 15 is 0 Å². The van der Waals surface area contributed by atoms with Crippen molar-refractivity contribution in [3.05, 3.63) is 56.5 Å². The lowest BCUT2D eigenvalue weighted by Crippen LogP contribution is -2.40. The number of benzene rings is 1. The van der Waals surface area contributed by atoms with E-state index in [-0.39, 0.29) is 5.69 Å². The highest BCUT2D eigenvalue weighted by atomic mass is 35.5. The van der Waals surface area contributed by atoms with Gasteiger partial charge in [0, 0.05) is 18.5 Å². The van der Waals surface area contributed by atoms with E-state index in [0.717, 1.165) is 18.6 Å². The number of alkyl halides is 5. The molecule has 3 rings (SSSR count). The highest BCUT2D eigenvalue weighted by Crippen LogP contribution is 2.34. The van der Waals surface area contributed by atoms with Crippen molar-refractivity contribution in [1.82, 2.24) is 13.5 Å². The Balaban J connectivity index is 2.29. The molecule has 0 aliphatic heterocycles. The van der Waals surface area contributed by atoms with E-state index in [4.69, 9.17) is 23.2 Å². The molecule has 0 fully saturated rings. The van der Waals surface area contributed by atoms with E-state index in [1.54, 1.807) is 6.07 Å². The van der Waals surface area contributed by atoms with Gasteiger partial charge in [-0.3, -0.25) is 9.36 Å². The van der Waals surface area contributed by atoms with E-state index in [2.05, 4.69) is 4.37 Å². The first-order valence-corrected chi connectivity index (χ1v) is 8.34. The average molecular weight is 410 g/mol. The van der Waals surface area contributed by atoms with Crippen LogP contribution < -0.4 is 11.2 Å². The normalized spacial score (nSPS) is 12.3. The van der Waals surface area contributed by atoms with Crippen molar-refractivity contribution < 1.29 is 13.2 Å². The van der Waals surface area contributed by atoms with Gasteiger partial charge >= 0.3 is 11.9 Å². The predicted octanol–water partition coefficient (Wildman–Crippen LogP) is 3.64. The Hall–Kier alpha value is -1.84. The van der Waals surface area contributed by atoms with Crippen molar-refractivity contribution >= 4 is 44.8 Å². The molecule has 5 nitrogen and oxygen atoms in total. The van der Waals surface area contributed by atoms with Crippen LogP contribution in [0.15, 0.2) is 33.9 Å². The van der Waals surface area contributed by atoms with E-state index in [0.29, 0.717) is 31.0 Å². The number of hydrogen-bond donors (Lipinski definition) is 0. The standard InChI is InChI=1S/C14H8Cl2F3N3O2S/c1-21-9(14(17,18)19)5-10(23)22(13(21)24)6-2-3-8-7(4-6)11(12(15)16)20-25-8/h2-5,12H,1H3. The quantitative estimate of drug-likeness (QED) is 0.607. The Morgan fingerprint density at radius 3 is 2.48 bits per heavy atom. The molecule has 0 saturated heterocycles. The Morgan fingerprint density at radius 1 is 1.20 bits per heavy atom. The lowest BCUT2D eigenvalue weighted by atomic mass is 10.2. The molecule has 0 spiro atoms. The topological polar surface area (TPSA) is 56.9 Å². The molecule has 0 amide bonds. The summed E-state index contributed by atoms with van der Waals surface area (Å²) in [6, 6.07) is 4.86. The summed E-state index contributed by atoms with van der Waals surface area (Å²) in [7, 11) is 0.949. The highest BCUT2D eigenvalue weighted by Gasteiger charge is 2.35. The second kappa shape index (κ2) is 6.15. The maximum atomic E-state index is 12.9. The molecule has 2 heterocycles. The average Bonchev–Trinajstić information content (AvgIpc) is 2.93. The van der Waals surface area contributed by atoms with Crippen molar-refractivity contribution in [3.8, 4) is 5.69 Å². The van der Waals surface area contributed by atoms with Crippen LogP contribution in [0.2, 0.25) is 0 Å². The molecule has 0 bridgehead atoms. The summed E-state index contributed by atoms with van der Waals surface area (Å²) in [5, 5.41) is 0.520. The molecule has 0 atom stereocenters. The van der Waals surface area contributed by atoms with Crippen molar-refractivity contribution in [1.29, 1.82) is 0 Å². The second-order valence-corrected chi connectivity index (χ2v) is 6.99. The SMILES string of the molecule is Cn1c(C(F)(F)F)cc(=O)n(-c2ccc3snc(C(Cl)Cl)c3c2)c1=O. The van der Waals surface area contributed by atoms with Crippen LogP contribution in [0.5, 0.6) is 0 Å². The zero-order valence-corrected chi connectivity index (χ0v) is 14.7. The number of halogens is 5. The Bertz CT molecular complexity index is 1090. The zero-order chi connectivity index (χ0) is 18.5. The first kappa shape index (κ1) is 18.0. The Labute approximate surface area is 152 Å². The van der Waals surface area contributed by atoms with Crippen LogP contribution in [0.25, 0.3) is 15.8 Å². The molecule has 2 aromatic heterocycles. The van der Waals surface area contributed by atoms with Gasteiger partial charge in [0.15, 0.2) is 4.84 Å². The first-order valence-electron chi connectivity index (χ1n) is 6.69. The van der Waals surface area contributed by atoms with Gasteiger partial charge in [0.05, 0.1) is 16.1 Å². The zero-order valence-electron chi connectivity index (χ0n) is 12.3. The Morgan fingerprint density at radius 2 is 1.88 bits per heavy atom. The van der Waals surface area contributed by atoms with Crippen molar-refractivity contribution in [2.75, 3.05) is 0 Å². The van der Waals surface area contributed by atoms with Gasteiger partial charge in [-0.25, -0.2) is 9.36 Å². The third-order valence-corrected chi connectivity index (χ3v) is 4.81. The van der Waals surface area contributed by atoms with Crippen LogP contribution in [-0.4, -0.2) is 13.5 Å². The lowest BCUT2D eigenvalue weighted by Gasteiger charge is -2.14. The summed E-state index contributed by atoms with van der Waals surface area (Å²) in [6.07, 6.45) is -4.81. The van der Waals surface area contributed by atoms with Crippen LogP contribution >= 0.6 is 34.7 Å². The van der Waals surface area contributed by atoms with Crippen LogP contribution in [0.3, 0.4) is 0 Å². The van der Waals surface area contributed by atoms with Gasteiger partial charge < -0.3 is 0 Å². The first-order chi connectivity index (χ1) is 11.6. The van der Waals surface area contributed by atoms with E-state index in [1.807, 2.05) is 0 Å². The minimum Gasteiger partial charge on any atom is -0.292 e. The molecule has 0 unspecified atom stereocenters. The fourth-order valence-electron chi connectivity index (χ4n) is 2.38. The molecule has 0 radical (unpaired) electrons. The highest BCUT2D eigenvalue weighted by molar-refractivity contribution is 7.13. The van der Waals surface area contributed by atoms with E-state index in [9.17, 15) is 22.8 Å². The van der Waals surface area contributed by atoms with Gasteiger partial charge in [-0.1, -0.05) is 23.2 Å². The Kier molecular flexibility index (Phi) is 4.42. The molecule has 0 aliphatic rings. The van der Waals surface area contributed by atoms with Crippen LogP contribution in [0.4, 0.5) is 13.2 Å². The third kappa shape index (κ3) is 3.07. The number of fused-ring (bicyclic) bond motifs is 1. The van der Waals surface area contributed by atoms with Crippen LogP contribution in [0.1, 0.15) is 16.2 Å².